The summed E-state index contributed by atoms with van der Waals surface area (Å²) >= 11 is 0. The van der Waals surface area contributed by atoms with Gasteiger partial charge in [0.05, 0.1) is 5.54 Å². The molecule has 0 unspecified atom stereocenters. The third-order valence-electron chi connectivity index (χ3n) is 0.992. The van der Waals surface area contributed by atoms with Crippen LogP contribution in [0.15, 0.2) is 17.6 Å². The maximum absolute atomic E-state index is 9.77. The van der Waals surface area contributed by atoms with Gasteiger partial charge in [-0.3, -0.25) is 0 Å². The van der Waals surface area contributed by atoms with Crippen molar-refractivity contribution in [1.82, 2.24) is 0 Å². The molecule has 50 valence electrons. The van der Waals surface area contributed by atoms with Gasteiger partial charge in [-0.2, -0.15) is 4.99 Å². The molecule has 0 rings (SSSR count). The van der Waals surface area contributed by atoms with Crippen LogP contribution in [0.1, 0.15) is 20.3 Å². The zero-order valence-corrected chi connectivity index (χ0v) is 5.85. The summed E-state index contributed by atoms with van der Waals surface area (Å²) in [6.45, 7) is 7.26. The Morgan fingerprint density at radius 3 is 2.67 bits per heavy atom. The summed E-state index contributed by atoms with van der Waals surface area (Å²) in [4.78, 5) is 13.3. The van der Waals surface area contributed by atoms with Gasteiger partial charge in [0.15, 0.2) is 0 Å². The van der Waals surface area contributed by atoms with Crippen LogP contribution in [0.2, 0.25) is 0 Å². The van der Waals surface area contributed by atoms with E-state index < -0.39 is 0 Å². The molecule has 0 aromatic rings. The fourth-order valence-corrected chi connectivity index (χ4v) is 0.522. The highest BCUT2D eigenvalue weighted by atomic mass is 16.1. The molecule has 0 spiro atoms. The van der Waals surface area contributed by atoms with E-state index in [0.29, 0.717) is 6.42 Å². The second-order valence-electron chi connectivity index (χ2n) is 2.51. The van der Waals surface area contributed by atoms with Crippen LogP contribution in [-0.2, 0) is 4.79 Å². The zero-order valence-electron chi connectivity index (χ0n) is 5.85. The van der Waals surface area contributed by atoms with Crippen molar-refractivity contribution in [2.24, 2.45) is 4.99 Å². The first-order chi connectivity index (χ1) is 4.12. The lowest BCUT2D eigenvalue weighted by molar-refractivity contribution is 0.509. The van der Waals surface area contributed by atoms with Crippen LogP contribution in [-0.4, -0.2) is 11.6 Å². The Kier molecular flexibility index (Phi) is 2.89. The van der Waals surface area contributed by atoms with Crippen molar-refractivity contribution >= 4 is 6.08 Å². The molecule has 0 atom stereocenters. The Labute approximate surface area is 55.3 Å². The van der Waals surface area contributed by atoms with Crippen LogP contribution >= 0.6 is 0 Å². The molecule has 0 bridgehead atoms. The minimum absolute atomic E-state index is 0.316. The molecule has 9 heavy (non-hydrogen) atoms. The quantitative estimate of drug-likeness (QED) is 0.320. The van der Waals surface area contributed by atoms with Crippen LogP contribution in [0.3, 0.4) is 0 Å². The molecule has 0 aromatic heterocycles. The van der Waals surface area contributed by atoms with Gasteiger partial charge in [-0.1, -0.05) is 6.08 Å². The lowest BCUT2D eigenvalue weighted by Crippen LogP contribution is -2.13. The number of nitrogens with zero attached hydrogens (tertiary/aromatic N) is 1. The van der Waals surface area contributed by atoms with E-state index in [-0.39, 0.29) is 5.54 Å². The molecule has 2 heteroatoms. The average Bonchev–Trinajstić information content (AvgIpc) is 1.64. The van der Waals surface area contributed by atoms with Crippen molar-refractivity contribution < 1.29 is 4.79 Å². The van der Waals surface area contributed by atoms with E-state index >= 15 is 0 Å². The van der Waals surface area contributed by atoms with Crippen molar-refractivity contribution in [3.05, 3.63) is 12.7 Å². The summed E-state index contributed by atoms with van der Waals surface area (Å²) < 4.78 is 0. The van der Waals surface area contributed by atoms with E-state index in [1.165, 1.54) is 6.08 Å². The maximum atomic E-state index is 9.77. The van der Waals surface area contributed by atoms with E-state index in [4.69, 9.17) is 0 Å². The van der Waals surface area contributed by atoms with Crippen molar-refractivity contribution in [3.63, 3.8) is 0 Å². The first kappa shape index (κ1) is 8.12. The molecular weight excluding hydrogens is 114 g/mol. The largest absolute Gasteiger partial charge is 0.235 e. The summed E-state index contributed by atoms with van der Waals surface area (Å²) in [5.41, 5.74) is -0.316. The number of isocyanates is 1. The van der Waals surface area contributed by atoms with Crippen molar-refractivity contribution in [2.45, 2.75) is 25.8 Å². The predicted octanol–water partition coefficient (Wildman–Crippen LogP) is 1.68. The standard InChI is InChI=1S/C7H11NO/c1-4-5-7(2,3)8-6-9/h4H,1,5H2,2-3H3. The number of carbonyl (C=O) groups excluding carboxylic acids is 1. The van der Waals surface area contributed by atoms with E-state index in [2.05, 4.69) is 11.6 Å². The minimum Gasteiger partial charge on any atom is -0.211 e. The van der Waals surface area contributed by atoms with Crippen LogP contribution in [0.25, 0.3) is 0 Å². The summed E-state index contributed by atoms with van der Waals surface area (Å²) in [7, 11) is 0. The molecule has 0 heterocycles. The molecule has 0 fully saturated rings. The highest BCUT2D eigenvalue weighted by molar-refractivity contribution is 5.34. The minimum atomic E-state index is -0.316. The molecular formula is C7H11NO. The third-order valence-corrected chi connectivity index (χ3v) is 0.992. The Balaban J connectivity index is 3.99. The number of hydrogen-bond donors (Lipinski definition) is 0. The Morgan fingerprint density at radius 2 is 2.33 bits per heavy atom. The number of rotatable bonds is 3. The van der Waals surface area contributed by atoms with Gasteiger partial charge in [0.1, 0.15) is 0 Å². The normalized spacial score (nSPS) is 10.0. The van der Waals surface area contributed by atoms with Crippen molar-refractivity contribution in [3.8, 4) is 0 Å². The molecule has 0 aliphatic rings. The highest BCUT2D eigenvalue weighted by Crippen LogP contribution is 2.12. The van der Waals surface area contributed by atoms with Crippen LogP contribution in [0.4, 0.5) is 0 Å². The maximum Gasteiger partial charge on any atom is 0.235 e. The third kappa shape index (κ3) is 3.68. The lowest BCUT2D eigenvalue weighted by atomic mass is 10.0. The SMILES string of the molecule is C=CCC(C)(C)N=C=O. The monoisotopic (exact) mass is 125 g/mol. The summed E-state index contributed by atoms with van der Waals surface area (Å²) in [5.74, 6) is 0. The summed E-state index contributed by atoms with van der Waals surface area (Å²) in [6, 6.07) is 0. The molecule has 0 radical (unpaired) electrons. The lowest BCUT2D eigenvalue weighted by Gasteiger charge is -2.12. The Hall–Kier alpha value is -0.880. The van der Waals surface area contributed by atoms with Crippen LogP contribution in [0, 0.1) is 0 Å². The van der Waals surface area contributed by atoms with E-state index in [1.807, 2.05) is 13.8 Å². The smallest absolute Gasteiger partial charge is 0.211 e. The molecule has 0 aliphatic carbocycles. The topological polar surface area (TPSA) is 29.4 Å². The second-order valence-corrected chi connectivity index (χ2v) is 2.51. The zero-order chi connectivity index (χ0) is 7.33. The fraction of sp³-hybridized carbons (Fsp3) is 0.571. The van der Waals surface area contributed by atoms with Crippen molar-refractivity contribution in [2.75, 3.05) is 0 Å². The molecule has 0 saturated heterocycles. The molecule has 0 amide bonds. The predicted molar refractivity (Wildman–Crippen MR) is 37.0 cm³/mol. The first-order valence-corrected chi connectivity index (χ1v) is 2.82. The average molecular weight is 125 g/mol. The van der Waals surface area contributed by atoms with Gasteiger partial charge >= 0.3 is 0 Å². The van der Waals surface area contributed by atoms with Crippen LogP contribution in [0.5, 0.6) is 0 Å². The van der Waals surface area contributed by atoms with Gasteiger partial charge in [-0.25, -0.2) is 4.79 Å². The molecule has 0 N–H and O–H groups in total. The van der Waals surface area contributed by atoms with Gasteiger partial charge in [-0.15, -0.1) is 6.58 Å². The molecule has 0 aliphatic heterocycles. The molecule has 2 nitrogen and oxygen atoms in total. The molecule has 0 aromatic carbocycles. The van der Waals surface area contributed by atoms with Gasteiger partial charge in [-0.05, 0) is 20.3 Å². The van der Waals surface area contributed by atoms with E-state index in [9.17, 15) is 4.79 Å². The summed E-state index contributed by atoms with van der Waals surface area (Å²) in [6.07, 6.45) is 3.97. The molecule has 0 saturated carbocycles. The van der Waals surface area contributed by atoms with Gasteiger partial charge < -0.3 is 0 Å². The second kappa shape index (κ2) is 3.21. The van der Waals surface area contributed by atoms with E-state index in [1.54, 1.807) is 6.08 Å². The van der Waals surface area contributed by atoms with Gasteiger partial charge in [0, 0.05) is 0 Å². The number of hydrogen-bond acceptors (Lipinski definition) is 2. The fourth-order valence-electron chi connectivity index (χ4n) is 0.522. The van der Waals surface area contributed by atoms with Crippen LogP contribution < -0.4 is 0 Å². The summed E-state index contributed by atoms with van der Waals surface area (Å²) in [5, 5.41) is 0. The number of aliphatic imine (C=N–C) groups is 1. The first-order valence-electron chi connectivity index (χ1n) is 2.82. The van der Waals surface area contributed by atoms with E-state index in [0.717, 1.165) is 0 Å². The highest BCUT2D eigenvalue weighted by Gasteiger charge is 2.12. The van der Waals surface area contributed by atoms with Gasteiger partial charge in [0.25, 0.3) is 0 Å². The van der Waals surface area contributed by atoms with Gasteiger partial charge in [0.2, 0.25) is 6.08 Å². The Morgan fingerprint density at radius 1 is 1.78 bits per heavy atom. The Bertz CT molecular complexity index is 143. The van der Waals surface area contributed by atoms with Crippen molar-refractivity contribution in [1.29, 1.82) is 0 Å².